The standard InChI is InChI=1S/C18H22N2O.ClH/c21-18(14-20-12-5-1-2-6-13-20)19-17-11-7-9-15-8-3-4-10-16(15)17;/h3-4,7-11H,1-2,5-6,12-14H2,(H,19,21);1H. The third-order valence-electron chi connectivity index (χ3n) is 4.13. The van der Waals surface area contributed by atoms with Gasteiger partial charge in [-0.3, -0.25) is 9.69 Å². The second kappa shape index (κ2) is 8.16. The van der Waals surface area contributed by atoms with E-state index < -0.39 is 0 Å². The number of amides is 1. The second-order valence-corrected chi connectivity index (χ2v) is 5.77. The number of anilines is 1. The zero-order chi connectivity index (χ0) is 14.5. The molecule has 1 heterocycles. The van der Waals surface area contributed by atoms with Crippen molar-refractivity contribution in [2.24, 2.45) is 0 Å². The number of nitrogens with one attached hydrogen (secondary N) is 1. The van der Waals surface area contributed by atoms with E-state index in [4.69, 9.17) is 0 Å². The van der Waals surface area contributed by atoms with Crippen LogP contribution in [0.4, 0.5) is 5.69 Å². The van der Waals surface area contributed by atoms with Crippen LogP contribution in [0.1, 0.15) is 25.7 Å². The number of carbonyl (C=O) groups is 1. The predicted molar refractivity (Wildman–Crippen MR) is 94.7 cm³/mol. The van der Waals surface area contributed by atoms with Crippen LogP contribution in [0.25, 0.3) is 10.8 Å². The number of benzene rings is 2. The number of hydrogen-bond acceptors (Lipinski definition) is 2. The van der Waals surface area contributed by atoms with Crippen molar-refractivity contribution in [2.45, 2.75) is 25.7 Å². The Kier molecular flexibility index (Phi) is 6.22. The van der Waals surface area contributed by atoms with Crippen molar-refractivity contribution in [1.82, 2.24) is 4.90 Å². The Hall–Kier alpha value is -1.58. The van der Waals surface area contributed by atoms with Gasteiger partial charge in [-0.05, 0) is 37.4 Å². The summed E-state index contributed by atoms with van der Waals surface area (Å²) < 4.78 is 0. The molecule has 1 N–H and O–H groups in total. The van der Waals surface area contributed by atoms with E-state index in [0.717, 1.165) is 29.5 Å². The third-order valence-corrected chi connectivity index (χ3v) is 4.13. The fourth-order valence-electron chi connectivity index (χ4n) is 3.02. The lowest BCUT2D eigenvalue weighted by molar-refractivity contribution is -0.117. The molecule has 1 saturated heterocycles. The molecule has 2 aromatic carbocycles. The normalized spacial score (nSPS) is 15.8. The molecule has 0 bridgehead atoms. The number of fused-ring (bicyclic) bond motifs is 1. The summed E-state index contributed by atoms with van der Waals surface area (Å²) in [4.78, 5) is 14.6. The van der Waals surface area contributed by atoms with Crippen LogP contribution in [-0.2, 0) is 4.79 Å². The molecule has 0 spiro atoms. The highest BCUT2D eigenvalue weighted by Gasteiger charge is 2.13. The molecule has 0 saturated carbocycles. The molecule has 1 aliphatic rings. The van der Waals surface area contributed by atoms with E-state index in [1.165, 1.54) is 25.7 Å². The van der Waals surface area contributed by atoms with Gasteiger partial charge in [-0.25, -0.2) is 0 Å². The SMILES string of the molecule is Cl.O=C(CN1CCCCCC1)Nc1cccc2ccccc12. The largest absolute Gasteiger partial charge is 0.324 e. The Bertz CT molecular complexity index is 616. The van der Waals surface area contributed by atoms with Crippen LogP contribution < -0.4 is 5.32 Å². The number of carbonyl (C=O) groups excluding carboxylic acids is 1. The fourth-order valence-corrected chi connectivity index (χ4v) is 3.02. The molecular formula is C18H23ClN2O. The average Bonchev–Trinajstić information content (AvgIpc) is 2.76. The van der Waals surface area contributed by atoms with Crippen LogP contribution in [0.5, 0.6) is 0 Å². The van der Waals surface area contributed by atoms with Crippen LogP contribution in [-0.4, -0.2) is 30.4 Å². The molecule has 22 heavy (non-hydrogen) atoms. The quantitative estimate of drug-likeness (QED) is 0.925. The molecule has 0 unspecified atom stereocenters. The number of rotatable bonds is 3. The highest BCUT2D eigenvalue weighted by molar-refractivity contribution is 6.02. The maximum Gasteiger partial charge on any atom is 0.238 e. The maximum absolute atomic E-state index is 12.3. The van der Waals surface area contributed by atoms with Gasteiger partial charge in [0.05, 0.1) is 6.54 Å². The Morgan fingerprint density at radius 2 is 1.64 bits per heavy atom. The predicted octanol–water partition coefficient (Wildman–Crippen LogP) is 4.08. The maximum atomic E-state index is 12.3. The highest BCUT2D eigenvalue weighted by atomic mass is 35.5. The second-order valence-electron chi connectivity index (χ2n) is 5.77. The molecule has 0 atom stereocenters. The third kappa shape index (κ3) is 4.21. The van der Waals surface area contributed by atoms with E-state index in [-0.39, 0.29) is 18.3 Å². The molecule has 118 valence electrons. The van der Waals surface area contributed by atoms with Crippen molar-refractivity contribution in [2.75, 3.05) is 25.0 Å². The van der Waals surface area contributed by atoms with Gasteiger partial charge in [-0.15, -0.1) is 12.4 Å². The average molecular weight is 319 g/mol. The van der Waals surface area contributed by atoms with E-state index in [1.54, 1.807) is 0 Å². The molecule has 0 aromatic heterocycles. The van der Waals surface area contributed by atoms with Crippen LogP contribution in [0, 0.1) is 0 Å². The minimum absolute atomic E-state index is 0. The Morgan fingerprint density at radius 3 is 2.41 bits per heavy atom. The van der Waals surface area contributed by atoms with Crippen LogP contribution in [0.3, 0.4) is 0 Å². The van der Waals surface area contributed by atoms with E-state index in [2.05, 4.69) is 28.4 Å². The zero-order valence-electron chi connectivity index (χ0n) is 12.8. The van der Waals surface area contributed by atoms with Gasteiger partial charge in [-0.1, -0.05) is 49.2 Å². The van der Waals surface area contributed by atoms with Crippen LogP contribution >= 0.6 is 12.4 Å². The number of likely N-dealkylation sites (tertiary alicyclic amines) is 1. The van der Waals surface area contributed by atoms with Gasteiger partial charge in [0.25, 0.3) is 0 Å². The smallest absolute Gasteiger partial charge is 0.238 e. The molecule has 2 aromatic rings. The molecule has 4 heteroatoms. The summed E-state index contributed by atoms with van der Waals surface area (Å²) in [5.41, 5.74) is 0.910. The van der Waals surface area contributed by atoms with Crippen molar-refractivity contribution in [3.63, 3.8) is 0 Å². The minimum atomic E-state index is 0. The number of halogens is 1. The summed E-state index contributed by atoms with van der Waals surface area (Å²) in [7, 11) is 0. The molecule has 3 rings (SSSR count). The van der Waals surface area contributed by atoms with Gasteiger partial charge < -0.3 is 5.32 Å². The zero-order valence-corrected chi connectivity index (χ0v) is 13.6. The van der Waals surface area contributed by atoms with Crippen molar-refractivity contribution in [3.8, 4) is 0 Å². The number of nitrogens with zero attached hydrogens (tertiary/aromatic N) is 1. The molecule has 1 aliphatic heterocycles. The van der Waals surface area contributed by atoms with E-state index >= 15 is 0 Å². The van der Waals surface area contributed by atoms with Gasteiger partial charge in [0.2, 0.25) is 5.91 Å². The monoisotopic (exact) mass is 318 g/mol. The molecule has 3 nitrogen and oxygen atoms in total. The summed E-state index contributed by atoms with van der Waals surface area (Å²) >= 11 is 0. The lowest BCUT2D eigenvalue weighted by atomic mass is 10.1. The van der Waals surface area contributed by atoms with Gasteiger partial charge in [-0.2, -0.15) is 0 Å². The van der Waals surface area contributed by atoms with Gasteiger partial charge >= 0.3 is 0 Å². The lowest BCUT2D eigenvalue weighted by Crippen LogP contribution is -2.33. The van der Waals surface area contributed by atoms with Crippen molar-refractivity contribution >= 4 is 34.8 Å². The van der Waals surface area contributed by atoms with Crippen molar-refractivity contribution in [1.29, 1.82) is 0 Å². The summed E-state index contributed by atoms with van der Waals surface area (Å²) in [5.74, 6) is 0.0910. The van der Waals surface area contributed by atoms with Gasteiger partial charge in [0, 0.05) is 11.1 Å². The molecule has 0 radical (unpaired) electrons. The topological polar surface area (TPSA) is 32.3 Å². The van der Waals surface area contributed by atoms with Crippen molar-refractivity contribution in [3.05, 3.63) is 42.5 Å². The fraction of sp³-hybridized carbons (Fsp3) is 0.389. The minimum Gasteiger partial charge on any atom is -0.324 e. The van der Waals surface area contributed by atoms with Gasteiger partial charge in [0.15, 0.2) is 0 Å². The molecule has 1 fully saturated rings. The summed E-state index contributed by atoms with van der Waals surface area (Å²) in [6.07, 6.45) is 5.01. The van der Waals surface area contributed by atoms with Crippen molar-refractivity contribution < 1.29 is 4.79 Å². The lowest BCUT2D eigenvalue weighted by Gasteiger charge is -2.19. The molecular weight excluding hydrogens is 296 g/mol. The van der Waals surface area contributed by atoms with E-state index in [0.29, 0.717) is 6.54 Å². The molecule has 1 amide bonds. The first-order valence-corrected chi connectivity index (χ1v) is 7.83. The summed E-state index contributed by atoms with van der Waals surface area (Å²) in [6, 6.07) is 14.2. The van der Waals surface area contributed by atoms with E-state index in [9.17, 15) is 4.79 Å². The molecule has 0 aliphatic carbocycles. The van der Waals surface area contributed by atoms with E-state index in [1.807, 2.05) is 24.3 Å². The Labute approximate surface area is 138 Å². The van der Waals surface area contributed by atoms with Gasteiger partial charge in [0.1, 0.15) is 0 Å². The Balaban J connectivity index is 0.00000176. The first-order valence-electron chi connectivity index (χ1n) is 7.83. The first kappa shape index (κ1) is 16.8. The Morgan fingerprint density at radius 1 is 0.955 bits per heavy atom. The summed E-state index contributed by atoms with van der Waals surface area (Å²) in [6.45, 7) is 2.59. The first-order chi connectivity index (χ1) is 10.3. The highest BCUT2D eigenvalue weighted by Crippen LogP contribution is 2.22. The summed E-state index contributed by atoms with van der Waals surface area (Å²) in [5, 5.41) is 5.33. The number of hydrogen-bond donors (Lipinski definition) is 1. The van der Waals surface area contributed by atoms with Crippen LogP contribution in [0.2, 0.25) is 0 Å². The van der Waals surface area contributed by atoms with Crippen LogP contribution in [0.15, 0.2) is 42.5 Å².